The fourth-order valence-corrected chi connectivity index (χ4v) is 3.51. The molecule has 4 nitrogen and oxygen atoms in total. The Hall–Kier alpha value is -1.32. The van der Waals surface area contributed by atoms with Crippen LogP contribution in [0.3, 0.4) is 0 Å². The van der Waals surface area contributed by atoms with E-state index in [0.29, 0.717) is 19.1 Å². The Kier molecular flexibility index (Phi) is 14.8. The van der Waals surface area contributed by atoms with Crippen molar-refractivity contribution in [2.24, 2.45) is 0 Å². The van der Waals surface area contributed by atoms with Crippen LogP contribution >= 0.6 is 0 Å². The van der Waals surface area contributed by atoms with E-state index in [9.17, 15) is 4.79 Å². The van der Waals surface area contributed by atoms with Gasteiger partial charge in [-0.15, -0.1) is 0 Å². The van der Waals surface area contributed by atoms with Gasteiger partial charge in [0, 0.05) is 24.9 Å². The van der Waals surface area contributed by atoms with Gasteiger partial charge in [-0.25, -0.2) is 4.98 Å². The zero-order valence-corrected chi connectivity index (χ0v) is 17.8. The van der Waals surface area contributed by atoms with Gasteiger partial charge in [-0.2, -0.15) is 0 Å². The molecule has 0 aliphatic heterocycles. The van der Waals surface area contributed by atoms with Crippen molar-refractivity contribution in [2.75, 3.05) is 6.61 Å². The summed E-state index contributed by atoms with van der Waals surface area (Å²) >= 11 is 0. The fraction of sp³-hybridized carbons (Fsp3) is 0.826. The van der Waals surface area contributed by atoms with Crippen molar-refractivity contribution in [3.8, 4) is 0 Å². The van der Waals surface area contributed by atoms with Gasteiger partial charge in [-0.1, -0.05) is 84.5 Å². The SMILES string of the molecule is CCCCCCCCOC(=O)CCC(CCCCCCCC)n1ccnc1. The van der Waals surface area contributed by atoms with Crippen molar-refractivity contribution in [1.82, 2.24) is 9.55 Å². The maximum absolute atomic E-state index is 12.1. The molecule has 1 unspecified atom stereocenters. The summed E-state index contributed by atoms with van der Waals surface area (Å²) in [5.74, 6) is -0.0448. The number of hydrogen-bond donors (Lipinski definition) is 0. The number of nitrogens with zero attached hydrogens (tertiary/aromatic N) is 2. The fourth-order valence-electron chi connectivity index (χ4n) is 3.51. The van der Waals surface area contributed by atoms with E-state index in [1.165, 1.54) is 70.6 Å². The minimum atomic E-state index is -0.0448. The highest BCUT2D eigenvalue weighted by Gasteiger charge is 2.13. The third kappa shape index (κ3) is 12.6. The predicted octanol–water partition coefficient (Wildman–Crippen LogP) is 6.86. The average molecular weight is 379 g/mol. The number of carbonyl (C=O) groups is 1. The normalized spacial score (nSPS) is 12.2. The van der Waals surface area contributed by atoms with Crippen LogP contribution in [0.4, 0.5) is 0 Å². The second-order valence-corrected chi connectivity index (χ2v) is 7.75. The monoisotopic (exact) mass is 378 g/mol. The van der Waals surface area contributed by atoms with Gasteiger partial charge in [-0.3, -0.25) is 4.79 Å². The van der Waals surface area contributed by atoms with Crippen molar-refractivity contribution in [3.05, 3.63) is 18.7 Å². The first-order valence-electron chi connectivity index (χ1n) is 11.4. The molecule has 27 heavy (non-hydrogen) atoms. The summed E-state index contributed by atoms with van der Waals surface area (Å²) in [6, 6.07) is 0.361. The van der Waals surface area contributed by atoms with Gasteiger partial charge in [0.05, 0.1) is 12.9 Å². The maximum Gasteiger partial charge on any atom is 0.305 e. The molecule has 0 N–H and O–H groups in total. The molecule has 156 valence electrons. The number of ether oxygens (including phenoxy) is 1. The summed E-state index contributed by atoms with van der Waals surface area (Å²) in [6.07, 6.45) is 23.3. The van der Waals surface area contributed by atoms with E-state index >= 15 is 0 Å². The molecule has 0 aliphatic rings. The highest BCUT2D eigenvalue weighted by molar-refractivity contribution is 5.69. The molecule has 0 aromatic carbocycles. The van der Waals surface area contributed by atoms with Gasteiger partial charge in [0.2, 0.25) is 0 Å². The van der Waals surface area contributed by atoms with E-state index < -0.39 is 0 Å². The second-order valence-electron chi connectivity index (χ2n) is 7.75. The van der Waals surface area contributed by atoms with E-state index in [1.54, 1.807) is 0 Å². The number of aromatic nitrogens is 2. The zero-order valence-electron chi connectivity index (χ0n) is 17.8. The average Bonchev–Trinajstić information content (AvgIpc) is 3.20. The first-order valence-corrected chi connectivity index (χ1v) is 11.4. The lowest BCUT2D eigenvalue weighted by atomic mass is 10.0. The summed E-state index contributed by atoms with van der Waals surface area (Å²) in [6.45, 7) is 5.06. The van der Waals surface area contributed by atoms with Crippen LogP contribution in [-0.4, -0.2) is 22.1 Å². The summed E-state index contributed by atoms with van der Waals surface area (Å²) in [4.78, 5) is 16.2. The number of rotatable bonds is 18. The molecule has 0 spiro atoms. The number of carbonyl (C=O) groups excluding carboxylic acids is 1. The number of hydrogen-bond acceptors (Lipinski definition) is 3. The minimum Gasteiger partial charge on any atom is -0.466 e. The molecule has 0 saturated heterocycles. The van der Waals surface area contributed by atoms with Crippen molar-refractivity contribution < 1.29 is 9.53 Å². The van der Waals surface area contributed by atoms with Gasteiger partial charge in [0.1, 0.15) is 0 Å². The molecule has 0 fully saturated rings. The van der Waals surface area contributed by atoms with Gasteiger partial charge in [-0.05, 0) is 19.3 Å². The Morgan fingerprint density at radius 3 is 2.15 bits per heavy atom. The van der Waals surface area contributed by atoms with Crippen LogP contribution in [0, 0.1) is 0 Å². The lowest BCUT2D eigenvalue weighted by molar-refractivity contribution is -0.144. The summed E-state index contributed by atoms with van der Waals surface area (Å²) < 4.78 is 7.58. The van der Waals surface area contributed by atoms with Crippen LogP contribution in [0.25, 0.3) is 0 Å². The smallest absolute Gasteiger partial charge is 0.305 e. The Labute approximate surface area is 167 Å². The van der Waals surface area contributed by atoms with Crippen LogP contribution in [-0.2, 0) is 9.53 Å². The minimum absolute atomic E-state index is 0.0448. The van der Waals surface area contributed by atoms with Crippen LogP contribution in [0.15, 0.2) is 18.7 Å². The third-order valence-corrected chi connectivity index (χ3v) is 5.28. The Morgan fingerprint density at radius 1 is 0.889 bits per heavy atom. The maximum atomic E-state index is 12.1. The molecule has 1 aromatic heterocycles. The molecule has 1 rings (SSSR count). The molecule has 1 heterocycles. The Balaban J connectivity index is 2.18. The lowest BCUT2D eigenvalue weighted by Gasteiger charge is -2.18. The van der Waals surface area contributed by atoms with Crippen LogP contribution in [0.2, 0.25) is 0 Å². The van der Waals surface area contributed by atoms with Crippen molar-refractivity contribution in [2.45, 2.75) is 116 Å². The number of unbranched alkanes of at least 4 members (excludes halogenated alkanes) is 10. The third-order valence-electron chi connectivity index (χ3n) is 5.28. The lowest BCUT2D eigenvalue weighted by Crippen LogP contribution is -2.12. The van der Waals surface area contributed by atoms with Gasteiger partial charge >= 0.3 is 5.97 Å². The van der Waals surface area contributed by atoms with E-state index in [0.717, 1.165) is 19.3 Å². The largest absolute Gasteiger partial charge is 0.466 e. The molecule has 1 atom stereocenters. The molecule has 1 aromatic rings. The number of imidazole rings is 1. The van der Waals surface area contributed by atoms with Gasteiger partial charge < -0.3 is 9.30 Å². The van der Waals surface area contributed by atoms with Crippen LogP contribution in [0.1, 0.15) is 116 Å². The van der Waals surface area contributed by atoms with E-state index in [1.807, 2.05) is 18.7 Å². The first-order chi connectivity index (χ1) is 13.3. The Bertz CT molecular complexity index is 445. The summed E-state index contributed by atoms with van der Waals surface area (Å²) in [5.41, 5.74) is 0. The van der Waals surface area contributed by atoms with Crippen molar-refractivity contribution >= 4 is 5.97 Å². The van der Waals surface area contributed by atoms with Crippen molar-refractivity contribution in [1.29, 1.82) is 0 Å². The quantitative estimate of drug-likeness (QED) is 0.207. The molecule has 0 bridgehead atoms. The van der Waals surface area contributed by atoms with Gasteiger partial charge in [0.25, 0.3) is 0 Å². The van der Waals surface area contributed by atoms with E-state index in [-0.39, 0.29) is 5.97 Å². The first kappa shape index (κ1) is 23.7. The number of esters is 1. The summed E-state index contributed by atoms with van der Waals surface area (Å²) in [5, 5.41) is 0. The molecule has 0 aliphatic carbocycles. The summed E-state index contributed by atoms with van der Waals surface area (Å²) in [7, 11) is 0. The Morgan fingerprint density at radius 2 is 1.52 bits per heavy atom. The van der Waals surface area contributed by atoms with E-state index in [4.69, 9.17) is 4.74 Å². The van der Waals surface area contributed by atoms with Crippen LogP contribution < -0.4 is 0 Å². The highest BCUT2D eigenvalue weighted by Crippen LogP contribution is 2.22. The van der Waals surface area contributed by atoms with Crippen LogP contribution in [0.5, 0.6) is 0 Å². The predicted molar refractivity (Wildman–Crippen MR) is 113 cm³/mol. The highest BCUT2D eigenvalue weighted by atomic mass is 16.5. The standard InChI is InChI=1S/C23H42N2O2/c1-3-5-7-9-11-13-15-22(25-19-18-24-21-25)16-17-23(26)27-20-14-12-10-8-6-4-2/h18-19,21-22H,3-17,20H2,1-2H3. The molecule has 4 heteroatoms. The van der Waals surface area contributed by atoms with Crippen molar-refractivity contribution in [3.63, 3.8) is 0 Å². The second kappa shape index (κ2) is 16.8. The van der Waals surface area contributed by atoms with E-state index in [2.05, 4.69) is 23.4 Å². The molecule has 0 saturated carbocycles. The molecule has 0 amide bonds. The van der Waals surface area contributed by atoms with Gasteiger partial charge in [0.15, 0.2) is 0 Å². The zero-order chi connectivity index (χ0) is 19.6. The molecular formula is C23H42N2O2. The topological polar surface area (TPSA) is 44.1 Å². The molecule has 0 radical (unpaired) electrons. The molecular weight excluding hydrogens is 336 g/mol.